The van der Waals surface area contributed by atoms with Crippen LogP contribution in [-0.2, 0) is 10.0 Å². The second-order valence-electron chi connectivity index (χ2n) is 6.66. The van der Waals surface area contributed by atoms with Crippen LogP contribution >= 0.6 is 0 Å². The van der Waals surface area contributed by atoms with Gasteiger partial charge in [-0.2, -0.15) is 4.31 Å². The summed E-state index contributed by atoms with van der Waals surface area (Å²) in [6, 6.07) is 8.86. The smallest absolute Gasteiger partial charge is 0.253 e. The normalized spacial score (nSPS) is 16.4. The van der Waals surface area contributed by atoms with Crippen LogP contribution in [0.25, 0.3) is 0 Å². The molecule has 26 heavy (non-hydrogen) atoms. The van der Waals surface area contributed by atoms with Gasteiger partial charge in [0, 0.05) is 31.5 Å². The molecule has 6 nitrogen and oxygen atoms in total. The van der Waals surface area contributed by atoms with E-state index in [-0.39, 0.29) is 11.9 Å². The topological polar surface area (TPSA) is 79.4 Å². The van der Waals surface area contributed by atoms with E-state index in [2.05, 4.69) is 10.3 Å². The monoisotopic (exact) mass is 373 g/mol. The van der Waals surface area contributed by atoms with Crippen molar-refractivity contribution in [3.05, 3.63) is 59.4 Å². The maximum Gasteiger partial charge on any atom is 0.253 e. The largest absolute Gasteiger partial charge is 0.349 e. The van der Waals surface area contributed by atoms with Crippen LogP contribution in [0.4, 0.5) is 0 Å². The van der Waals surface area contributed by atoms with Gasteiger partial charge in [0.2, 0.25) is 10.0 Å². The molecule has 1 amide bonds. The first-order valence-corrected chi connectivity index (χ1v) is 10.1. The molecule has 0 atom stereocenters. The van der Waals surface area contributed by atoms with Crippen LogP contribution in [0.1, 0.15) is 34.3 Å². The Kier molecular flexibility index (Phi) is 5.38. The summed E-state index contributed by atoms with van der Waals surface area (Å²) in [5, 5.41) is 2.97. The molecule has 0 unspecified atom stereocenters. The Morgan fingerprint density at radius 2 is 1.92 bits per heavy atom. The van der Waals surface area contributed by atoms with E-state index >= 15 is 0 Å². The number of hydrogen-bond acceptors (Lipinski definition) is 4. The van der Waals surface area contributed by atoms with Gasteiger partial charge < -0.3 is 5.32 Å². The van der Waals surface area contributed by atoms with E-state index < -0.39 is 10.0 Å². The van der Waals surface area contributed by atoms with Crippen LogP contribution in [0.5, 0.6) is 0 Å². The zero-order valence-electron chi connectivity index (χ0n) is 15.0. The highest BCUT2D eigenvalue weighted by molar-refractivity contribution is 7.89. The number of rotatable bonds is 4. The quantitative estimate of drug-likeness (QED) is 0.892. The van der Waals surface area contributed by atoms with Crippen molar-refractivity contribution in [2.75, 3.05) is 13.1 Å². The highest BCUT2D eigenvalue weighted by Crippen LogP contribution is 2.24. The molecule has 1 aromatic carbocycles. The summed E-state index contributed by atoms with van der Waals surface area (Å²) >= 11 is 0. The highest BCUT2D eigenvalue weighted by atomic mass is 32.2. The van der Waals surface area contributed by atoms with E-state index in [1.807, 2.05) is 26.0 Å². The Labute approximate surface area is 154 Å². The van der Waals surface area contributed by atoms with E-state index in [0.717, 1.165) is 11.1 Å². The summed E-state index contributed by atoms with van der Waals surface area (Å²) in [6.45, 7) is 4.49. The molecule has 0 bridgehead atoms. The highest BCUT2D eigenvalue weighted by Gasteiger charge is 2.31. The van der Waals surface area contributed by atoms with Gasteiger partial charge in [-0.1, -0.05) is 12.1 Å². The molecule has 1 fully saturated rings. The van der Waals surface area contributed by atoms with E-state index in [4.69, 9.17) is 0 Å². The van der Waals surface area contributed by atoms with Gasteiger partial charge in [-0.15, -0.1) is 0 Å². The Morgan fingerprint density at radius 1 is 1.19 bits per heavy atom. The second-order valence-corrected chi connectivity index (χ2v) is 8.57. The van der Waals surface area contributed by atoms with Crippen LogP contribution < -0.4 is 5.32 Å². The number of aryl methyl sites for hydroxylation is 2. The molecular weight excluding hydrogens is 350 g/mol. The number of nitrogens with zero attached hydrogens (tertiary/aromatic N) is 2. The van der Waals surface area contributed by atoms with Crippen molar-refractivity contribution in [1.82, 2.24) is 14.6 Å². The van der Waals surface area contributed by atoms with Crippen LogP contribution in [0.15, 0.2) is 47.6 Å². The molecule has 7 heteroatoms. The van der Waals surface area contributed by atoms with Crippen molar-refractivity contribution in [1.29, 1.82) is 0 Å². The molecule has 0 radical (unpaired) electrons. The first-order valence-electron chi connectivity index (χ1n) is 8.66. The number of amides is 1. The minimum atomic E-state index is -3.51. The number of hydrogen-bond donors (Lipinski definition) is 1. The number of carbonyl (C=O) groups excluding carboxylic acids is 1. The molecule has 1 aliphatic rings. The molecule has 2 heterocycles. The fourth-order valence-corrected chi connectivity index (χ4v) is 4.91. The molecule has 138 valence electrons. The number of sulfonamides is 1. The Hall–Kier alpha value is -2.25. The summed E-state index contributed by atoms with van der Waals surface area (Å²) in [7, 11) is -3.51. The van der Waals surface area contributed by atoms with Crippen molar-refractivity contribution >= 4 is 15.9 Å². The summed E-state index contributed by atoms with van der Waals surface area (Å²) in [5.74, 6) is -0.172. The fraction of sp³-hybridized carbons (Fsp3) is 0.368. The van der Waals surface area contributed by atoms with Gasteiger partial charge in [0.05, 0.1) is 10.5 Å². The predicted molar refractivity (Wildman–Crippen MR) is 99.4 cm³/mol. The van der Waals surface area contributed by atoms with E-state index in [1.54, 1.807) is 24.4 Å². The van der Waals surface area contributed by atoms with E-state index in [0.29, 0.717) is 36.4 Å². The minimum absolute atomic E-state index is 0.0345. The third-order valence-corrected chi connectivity index (χ3v) is 6.71. The lowest BCUT2D eigenvalue weighted by Crippen LogP contribution is -2.46. The molecule has 1 aliphatic heterocycles. The number of benzene rings is 1. The number of nitrogens with one attached hydrogen (secondary N) is 1. The van der Waals surface area contributed by atoms with Gasteiger partial charge in [0.25, 0.3) is 5.91 Å². The lowest BCUT2D eigenvalue weighted by molar-refractivity contribution is 0.0923. The van der Waals surface area contributed by atoms with Crippen LogP contribution in [-0.4, -0.2) is 42.7 Å². The van der Waals surface area contributed by atoms with Crippen LogP contribution in [0, 0.1) is 13.8 Å². The summed E-state index contributed by atoms with van der Waals surface area (Å²) in [5.41, 5.74) is 2.19. The molecule has 1 saturated heterocycles. The van der Waals surface area contributed by atoms with Crippen LogP contribution in [0.2, 0.25) is 0 Å². The Morgan fingerprint density at radius 3 is 2.58 bits per heavy atom. The molecule has 1 N–H and O–H groups in total. The Balaban J connectivity index is 1.65. The van der Waals surface area contributed by atoms with E-state index in [1.165, 1.54) is 10.5 Å². The predicted octanol–water partition coefficient (Wildman–Crippen LogP) is 2.28. The summed E-state index contributed by atoms with van der Waals surface area (Å²) in [6.07, 6.45) is 4.33. The molecular formula is C19H23N3O3S. The standard InChI is InChI=1S/C19H23N3O3S/c1-14-5-6-15(2)18(12-14)26(24,25)22-10-7-17(8-11-22)21-19(23)16-4-3-9-20-13-16/h3-6,9,12-13,17H,7-8,10-11H2,1-2H3,(H,21,23). The zero-order valence-corrected chi connectivity index (χ0v) is 15.8. The molecule has 1 aromatic heterocycles. The first-order chi connectivity index (χ1) is 12.4. The average molecular weight is 373 g/mol. The van der Waals surface area contributed by atoms with Crippen molar-refractivity contribution in [2.24, 2.45) is 0 Å². The van der Waals surface area contributed by atoms with Gasteiger partial charge in [-0.25, -0.2) is 8.42 Å². The summed E-state index contributed by atoms with van der Waals surface area (Å²) in [4.78, 5) is 16.5. The van der Waals surface area contributed by atoms with Gasteiger partial charge >= 0.3 is 0 Å². The third kappa shape index (κ3) is 3.94. The number of piperidine rings is 1. The molecule has 2 aromatic rings. The summed E-state index contributed by atoms with van der Waals surface area (Å²) < 4.78 is 27.4. The zero-order chi connectivity index (χ0) is 18.7. The lowest BCUT2D eigenvalue weighted by Gasteiger charge is -2.32. The van der Waals surface area contributed by atoms with Crippen molar-refractivity contribution in [3.63, 3.8) is 0 Å². The Bertz CT molecular complexity index is 890. The minimum Gasteiger partial charge on any atom is -0.349 e. The molecule has 3 rings (SSSR count). The maximum absolute atomic E-state index is 12.9. The van der Waals surface area contributed by atoms with Crippen molar-refractivity contribution in [3.8, 4) is 0 Å². The fourth-order valence-electron chi connectivity index (χ4n) is 3.13. The maximum atomic E-state index is 12.9. The number of aromatic nitrogens is 1. The van der Waals surface area contributed by atoms with Gasteiger partial charge in [-0.05, 0) is 56.0 Å². The van der Waals surface area contributed by atoms with Gasteiger partial charge in [0.15, 0.2) is 0 Å². The van der Waals surface area contributed by atoms with Crippen molar-refractivity contribution in [2.45, 2.75) is 37.6 Å². The molecule has 0 spiro atoms. The lowest BCUT2D eigenvalue weighted by atomic mass is 10.1. The third-order valence-electron chi connectivity index (χ3n) is 4.67. The SMILES string of the molecule is Cc1ccc(C)c(S(=O)(=O)N2CCC(NC(=O)c3cccnc3)CC2)c1. The van der Waals surface area contributed by atoms with Crippen LogP contribution in [0.3, 0.4) is 0 Å². The number of carbonyl (C=O) groups is 1. The number of pyridine rings is 1. The first kappa shape index (κ1) is 18.5. The van der Waals surface area contributed by atoms with Crippen molar-refractivity contribution < 1.29 is 13.2 Å². The second kappa shape index (κ2) is 7.55. The molecule has 0 aliphatic carbocycles. The molecule has 0 saturated carbocycles. The van der Waals surface area contributed by atoms with Gasteiger partial charge in [0.1, 0.15) is 0 Å². The van der Waals surface area contributed by atoms with E-state index in [9.17, 15) is 13.2 Å². The average Bonchev–Trinajstić information content (AvgIpc) is 2.65. The van der Waals surface area contributed by atoms with Gasteiger partial charge in [-0.3, -0.25) is 9.78 Å².